The van der Waals surface area contributed by atoms with Crippen molar-refractivity contribution in [3.63, 3.8) is 0 Å². The van der Waals surface area contributed by atoms with Crippen LogP contribution in [-0.4, -0.2) is 25.2 Å². The molecule has 0 aliphatic heterocycles. The van der Waals surface area contributed by atoms with E-state index in [9.17, 15) is 9.18 Å². The van der Waals surface area contributed by atoms with Crippen molar-refractivity contribution in [1.29, 1.82) is 0 Å². The van der Waals surface area contributed by atoms with Crippen molar-refractivity contribution in [2.45, 2.75) is 45.6 Å². The molecule has 2 rings (SSSR count). The van der Waals surface area contributed by atoms with Gasteiger partial charge in [-0.15, -0.1) is 0 Å². The fourth-order valence-electron chi connectivity index (χ4n) is 2.68. The highest BCUT2D eigenvalue weighted by Crippen LogP contribution is 2.30. The van der Waals surface area contributed by atoms with E-state index in [4.69, 9.17) is 9.47 Å². The molecule has 0 aliphatic carbocycles. The molecule has 0 radical (unpaired) electrons. The molecule has 1 N–H and O–H groups in total. The summed E-state index contributed by atoms with van der Waals surface area (Å²) in [5, 5.41) is 2.79. The molecule has 2 aromatic rings. The molecule has 1 amide bonds. The van der Waals surface area contributed by atoms with Crippen LogP contribution in [0.25, 0.3) is 0 Å². The zero-order valence-corrected chi connectivity index (χ0v) is 16.4. The van der Waals surface area contributed by atoms with Crippen LogP contribution in [0.5, 0.6) is 11.5 Å². The highest BCUT2D eigenvalue weighted by atomic mass is 19.1. The average Bonchev–Trinajstić information content (AvgIpc) is 2.64. The number of carbonyl (C=O) groups is 1. The summed E-state index contributed by atoms with van der Waals surface area (Å²) in [6, 6.07) is 14.0. The standard InChI is InChI=1S/C22H28FNO3/c1-5-18(27-20-13-9-7-11-17(20)23)21(25)24-14-15-26-19-12-8-6-10-16(19)22(2,3)4/h6-13,18H,5,14-15H2,1-4H3,(H,24,25)/t18-/m1/s1. The van der Waals surface area contributed by atoms with Gasteiger partial charge < -0.3 is 14.8 Å². The fraction of sp³-hybridized carbons (Fsp3) is 0.409. The van der Waals surface area contributed by atoms with Gasteiger partial charge in [0, 0.05) is 0 Å². The van der Waals surface area contributed by atoms with Crippen molar-refractivity contribution in [2.75, 3.05) is 13.2 Å². The highest BCUT2D eigenvalue weighted by molar-refractivity contribution is 5.81. The van der Waals surface area contributed by atoms with Crippen LogP contribution in [0.2, 0.25) is 0 Å². The number of halogens is 1. The van der Waals surface area contributed by atoms with E-state index < -0.39 is 11.9 Å². The minimum absolute atomic E-state index is 0.0270. The number of nitrogens with one attached hydrogen (secondary N) is 1. The SMILES string of the molecule is CC[C@@H](Oc1ccccc1F)C(=O)NCCOc1ccccc1C(C)(C)C. The number of hydrogen-bond acceptors (Lipinski definition) is 3. The van der Waals surface area contributed by atoms with Crippen molar-refractivity contribution in [1.82, 2.24) is 5.32 Å². The lowest BCUT2D eigenvalue weighted by atomic mass is 9.86. The molecule has 146 valence electrons. The smallest absolute Gasteiger partial charge is 0.261 e. The Morgan fingerprint density at radius 1 is 1.07 bits per heavy atom. The Hall–Kier alpha value is -2.56. The first-order valence-corrected chi connectivity index (χ1v) is 9.24. The number of carbonyl (C=O) groups excluding carboxylic acids is 1. The van der Waals surface area contributed by atoms with E-state index in [0.29, 0.717) is 19.6 Å². The lowest BCUT2D eigenvalue weighted by Gasteiger charge is -2.23. The quantitative estimate of drug-likeness (QED) is 0.694. The van der Waals surface area contributed by atoms with Gasteiger partial charge >= 0.3 is 0 Å². The average molecular weight is 373 g/mol. The Kier molecular flexibility index (Phi) is 7.22. The molecule has 0 fully saturated rings. The van der Waals surface area contributed by atoms with E-state index >= 15 is 0 Å². The van der Waals surface area contributed by atoms with Gasteiger partial charge in [0.1, 0.15) is 12.4 Å². The molecule has 0 saturated carbocycles. The highest BCUT2D eigenvalue weighted by Gasteiger charge is 2.20. The van der Waals surface area contributed by atoms with Crippen LogP contribution < -0.4 is 14.8 Å². The van der Waals surface area contributed by atoms with Crippen LogP contribution in [0, 0.1) is 5.82 Å². The van der Waals surface area contributed by atoms with Gasteiger partial charge in [-0.2, -0.15) is 0 Å². The summed E-state index contributed by atoms with van der Waals surface area (Å²) in [4.78, 5) is 12.3. The maximum atomic E-state index is 13.7. The van der Waals surface area contributed by atoms with Crippen LogP contribution in [0.3, 0.4) is 0 Å². The zero-order chi connectivity index (χ0) is 19.9. The molecule has 1 atom stereocenters. The van der Waals surface area contributed by atoms with Crippen LogP contribution in [0.1, 0.15) is 39.7 Å². The summed E-state index contributed by atoms with van der Waals surface area (Å²) in [6.45, 7) is 8.89. The third-order valence-electron chi connectivity index (χ3n) is 4.12. The number of benzene rings is 2. The third-order valence-corrected chi connectivity index (χ3v) is 4.12. The minimum Gasteiger partial charge on any atom is -0.491 e. The Morgan fingerprint density at radius 2 is 1.70 bits per heavy atom. The van der Waals surface area contributed by atoms with E-state index in [-0.39, 0.29) is 17.1 Å². The molecule has 4 nitrogen and oxygen atoms in total. The van der Waals surface area contributed by atoms with Crippen molar-refractivity contribution < 1.29 is 18.7 Å². The molecular formula is C22H28FNO3. The van der Waals surface area contributed by atoms with E-state index in [1.54, 1.807) is 12.1 Å². The van der Waals surface area contributed by atoms with Crippen molar-refractivity contribution in [2.24, 2.45) is 0 Å². The normalized spacial score (nSPS) is 12.3. The second kappa shape index (κ2) is 9.40. The molecule has 2 aromatic carbocycles. The second-order valence-electron chi connectivity index (χ2n) is 7.33. The number of amides is 1. The molecule has 27 heavy (non-hydrogen) atoms. The maximum Gasteiger partial charge on any atom is 0.261 e. The molecule has 0 saturated heterocycles. The number of rotatable bonds is 8. The number of ether oxygens (including phenoxy) is 2. The fourth-order valence-corrected chi connectivity index (χ4v) is 2.68. The van der Waals surface area contributed by atoms with Gasteiger partial charge in [-0.3, -0.25) is 4.79 Å². The Bertz CT molecular complexity index is 755. The van der Waals surface area contributed by atoms with Crippen LogP contribution >= 0.6 is 0 Å². The lowest BCUT2D eigenvalue weighted by molar-refractivity contribution is -0.128. The van der Waals surface area contributed by atoms with E-state index in [2.05, 4.69) is 26.1 Å². The zero-order valence-electron chi connectivity index (χ0n) is 16.4. The summed E-state index contributed by atoms with van der Waals surface area (Å²) >= 11 is 0. The van der Waals surface area contributed by atoms with Crippen LogP contribution in [0.4, 0.5) is 4.39 Å². The van der Waals surface area contributed by atoms with Crippen molar-refractivity contribution in [3.05, 3.63) is 59.9 Å². The first-order chi connectivity index (χ1) is 12.8. The van der Waals surface area contributed by atoms with Gasteiger partial charge in [-0.25, -0.2) is 4.39 Å². The van der Waals surface area contributed by atoms with E-state index in [1.165, 1.54) is 12.1 Å². The predicted molar refractivity (Wildman–Crippen MR) is 105 cm³/mol. The van der Waals surface area contributed by atoms with Crippen LogP contribution in [0.15, 0.2) is 48.5 Å². The van der Waals surface area contributed by atoms with E-state index in [0.717, 1.165) is 11.3 Å². The number of para-hydroxylation sites is 2. The molecule has 0 spiro atoms. The summed E-state index contributed by atoms with van der Waals surface area (Å²) in [6.07, 6.45) is -0.308. The monoisotopic (exact) mass is 373 g/mol. The molecule has 0 aromatic heterocycles. The third kappa shape index (κ3) is 5.98. The van der Waals surface area contributed by atoms with Crippen LogP contribution in [-0.2, 0) is 10.2 Å². The number of hydrogen-bond donors (Lipinski definition) is 1. The van der Waals surface area contributed by atoms with E-state index in [1.807, 2.05) is 31.2 Å². The maximum absolute atomic E-state index is 13.7. The Labute approximate surface area is 160 Å². The topological polar surface area (TPSA) is 47.6 Å². The summed E-state index contributed by atoms with van der Waals surface area (Å²) in [5.41, 5.74) is 1.09. The summed E-state index contributed by atoms with van der Waals surface area (Å²) in [7, 11) is 0. The van der Waals surface area contributed by atoms with Gasteiger partial charge in [0.05, 0.1) is 6.54 Å². The molecule has 0 bridgehead atoms. The molecule has 5 heteroatoms. The first kappa shape index (κ1) is 20.7. The van der Waals surface area contributed by atoms with Gasteiger partial charge in [0.25, 0.3) is 5.91 Å². The molecule has 0 unspecified atom stereocenters. The minimum atomic E-state index is -0.747. The van der Waals surface area contributed by atoms with Gasteiger partial charge in [-0.1, -0.05) is 58.0 Å². The van der Waals surface area contributed by atoms with Crippen molar-refractivity contribution in [3.8, 4) is 11.5 Å². The van der Waals surface area contributed by atoms with Crippen molar-refractivity contribution >= 4 is 5.91 Å². The molecular weight excluding hydrogens is 345 g/mol. The Balaban J connectivity index is 1.86. The Morgan fingerprint density at radius 3 is 2.33 bits per heavy atom. The molecule has 0 heterocycles. The van der Waals surface area contributed by atoms with Gasteiger partial charge in [0.15, 0.2) is 17.7 Å². The predicted octanol–water partition coefficient (Wildman–Crippen LogP) is 4.48. The van der Waals surface area contributed by atoms with Gasteiger partial charge in [-0.05, 0) is 35.6 Å². The largest absolute Gasteiger partial charge is 0.491 e. The first-order valence-electron chi connectivity index (χ1n) is 9.24. The summed E-state index contributed by atoms with van der Waals surface area (Å²) in [5.74, 6) is 0.128. The molecule has 0 aliphatic rings. The second-order valence-corrected chi connectivity index (χ2v) is 7.33. The van der Waals surface area contributed by atoms with Gasteiger partial charge in [0.2, 0.25) is 0 Å². The summed E-state index contributed by atoms with van der Waals surface area (Å²) < 4.78 is 25.1. The lowest BCUT2D eigenvalue weighted by Crippen LogP contribution is -2.40.